The van der Waals surface area contributed by atoms with E-state index in [4.69, 9.17) is 9.15 Å². The lowest BCUT2D eigenvalue weighted by molar-refractivity contribution is 0.0506. The van der Waals surface area contributed by atoms with Crippen molar-refractivity contribution in [2.24, 2.45) is 5.41 Å². The standard InChI is InChI=1S/C19H23FN2O3/c1-24-13-19(8-10-21-11-9-19)12-22-18(23)17-7-6-16(25-17)14-2-4-15(20)5-3-14/h2-7,21H,8-13H2,1H3,(H,22,23). The van der Waals surface area contributed by atoms with Crippen LogP contribution in [0.4, 0.5) is 4.39 Å². The SMILES string of the molecule is COCC1(CNC(=O)c2ccc(-c3ccc(F)cc3)o2)CCNCC1. The van der Waals surface area contributed by atoms with Gasteiger partial charge in [0.25, 0.3) is 5.91 Å². The first kappa shape index (κ1) is 17.6. The number of hydrogen-bond acceptors (Lipinski definition) is 4. The minimum atomic E-state index is -0.307. The third kappa shape index (κ3) is 4.27. The van der Waals surface area contributed by atoms with E-state index in [0.717, 1.165) is 31.5 Å². The number of halogens is 1. The van der Waals surface area contributed by atoms with Crippen LogP contribution in [0, 0.1) is 11.2 Å². The average molecular weight is 346 g/mol. The molecule has 0 spiro atoms. The van der Waals surface area contributed by atoms with Crippen LogP contribution >= 0.6 is 0 Å². The molecule has 0 radical (unpaired) electrons. The fourth-order valence-electron chi connectivity index (χ4n) is 3.22. The summed E-state index contributed by atoms with van der Waals surface area (Å²) >= 11 is 0. The Morgan fingerprint density at radius 1 is 1.24 bits per heavy atom. The van der Waals surface area contributed by atoms with Crippen molar-refractivity contribution in [2.75, 3.05) is 33.4 Å². The van der Waals surface area contributed by atoms with Crippen molar-refractivity contribution in [3.8, 4) is 11.3 Å². The van der Waals surface area contributed by atoms with E-state index in [1.54, 1.807) is 31.4 Å². The number of hydrogen-bond donors (Lipinski definition) is 2. The van der Waals surface area contributed by atoms with Gasteiger partial charge < -0.3 is 19.8 Å². The first-order valence-corrected chi connectivity index (χ1v) is 8.46. The van der Waals surface area contributed by atoms with Crippen LogP contribution in [0.2, 0.25) is 0 Å². The molecule has 1 aromatic carbocycles. The monoisotopic (exact) mass is 346 g/mol. The van der Waals surface area contributed by atoms with Crippen LogP contribution in [-0.2, 0) is 4.74 Å². The minimum absolute atomic E-state index is 0.0396. The number of furan rings is 1. The second-order valence-corrected chi connectivity index (χ2v) is 6.54. The third-order valence-electron chi connectivity index (χ3n) is 4.70. The molecule has 2 N–H and O–H groups in total. The molecule has 1 fully saturated rings. The van der Waals surface area contributed by atoms with Crippen molar-refractivity contribution >= 4 is 5.91 Å². The average Bonchev–Trinajstić information content (AvgIpc) is 3.12. The summed E-state index contributed by atoms with van der Waals surface area (Å²) in [7, 11) is 1.69. The number of ether oxygens (including phenoxy) is 1. The lowest BCUT2D eigenvalue weighted by Crippen LogP contribution is -2.47. The van der Waals surface area contributed by atoms with Crippen molar-refractivity contribution in [2.45, 2.75) is 12.8 Å². The first-order chi connectivity index (χ1) is 12.1. The van der Waals surface area contributed by atoms with Gasteiger partial charge in [0.1, 0.15) is 11.6 Å². The zero-order valence-electron chi connectivity index (χ0n) is 14.3. The van der Waals surface area contributed by atoms with Gasteiger partial charge >= 0.3 is 0 Å². The topological polar surface area (TPSA) is 63.5 Å². The number of methoxy groups -OCH3 is 1. The van der Waals surface area contributed by atoms with E-state index in [1.807, 2.05) is 0 Å². The molecule has 2 aromatic rings. The van der Waals surface area contributed by atoms with Crippen molar-refractivity contribution in [3.05, 3.63) is 48.0 Å². The van der Waals surface area contributed by atoms with Gasteiger partial charge in [0.2, 0.25) is 0 Å². The van der Waals surface area contributed by atoms with Crippen molar-refractivity contribution in [1.82, 2.24) is 10.6 Å². The van der Waals surface area contributed by atoms with Gasteiger partial charge in [-0.3, -0.25) is 4.79 Å². The summed E-state index contributed by atoms with van der Waals surface area (Å²) in [6.07, 6.45) is 1.92. The van der Waals surface area contributed by atoms with Crippen LogP contribution in [0.1, 0.15) is 23.4 Å². The van der Waals surface area contributed by atoms with E-state index in [2.05, 4.69) is 10.6 Å². The maximum absolute atomic E-state index is 13.0. The molecular formula is C19H23FN2O3. The summed E-state index contributed by atoms with van der Waals surface area (Å²) in [4.78, 5) is 12.4. The summed E-state index contributed by atoms with van der Waals surface area (Å²) in [5.41, 5.74) is 0.692. The maximum Gasteiger partial charge on any atom is 0.287 e. The van der Waals surface area contributed by atoms with E-state index in [9.17, 15) is 9.18 Å². The third-order valence-corrected chi connectivity index (χ3v) is 4.70. The Hall–Kier alpha value is -2.18. The summed E-state index contributed by atoms with van der Waals surface area (Å²) in [6, 6.07) is 9.33. The highest BCUT2D eigenvalue weighted by molar-refractivity contribution is 5.92. The molecule has 0 bridgehead atoms. The van der Waals surface area contributed by atoms with Crippen molar-refractivity contribution < 1.29 is 18.3 Å². The van der Waals surface area contributed by atoms with Gasteiger partial charge in [0, 0.05) is 24.6 Å². The van der Waals surface area contributed by atoms with E-state index in [1.165, 1.54) is 12.1 Å². The van der Waals surface area contributed by atoms with E-state index < -0.39 is 0 Å². The number of piperidine rings is 1. The number of nitrogens with one attached hydrogen (secondary N) is 2. The van der Waals surface area contributed by atoms with Crippen molar-refractivity contribution in [3.63, 3.8) is 0 Å². The molecule has 5 nitrogen and oxygen atoms in total. The molecule has 2 heterocycles. The Bertz CT molecular complexity index is 700. The van der Waals surface area contributed by atoms with Gasteiger partial charge in [-0.15, -0.1) is 0 Å². The summed E-state index contributed by atoms with van der Waals surface area (Å²) in [6.45, 7) is 3.02. The number of rotatable bonds is 6. The Kier molecular flexibility index (Phi) is 5.50. The second-order valence-electron chi connectivity index (χ2n) is 6.54. The second kappa shape index (κ2) is 7.80. The van der Waals surface area contributed by atoms with Crippen LogP contribution in [0.5, 0.6) is 0 Å². The number of carbonyl (C=O) groups excluding carboxylic acids is 1. The largest absolute Gasteiger partial charge is 0.451 e. The molecule has 1 amide bonds. The molecule has 6 heteroatoms. The fourth-order valence-corrected chi connectivity index (χ4v) is 3.22. The summed E-state index contributed by atoms with van der Waals surface area (Å²) < 4.78 is 24.0. The summed E-state index contributed by atoms with van der Waals surface area (Å²) in [5.74, 6) is 0.237. The smallest absolute Gasteiger partial charge is 0.287 e. The molecule has 0 aliphatic carbocycles. The van der Waals surface area contributed by atoms with Crippen LogP contribution in [0.3, 0.4) is 0 Å². The van der Waals surface area contributed by atoms with Gasteiger partial charge in [-0.1, -0.05) is 0 Å². The normalized spacial score (nSPS) is 16.6. The Morgan fingerprint density at radius 3 is 2.64 bits per heavy atom. The zero-order valence-corrected chi connectivity index (χ0v) is 14.3. The molecule has 1 aliphatic rings. The van der Waals surface area contributed by atoms with Crippen LogP contribution < -0.4 is 10.6 Å². The molecule has 0 unspecified atom stereocenters. The Balaban J connectivity index is 1.64. The van der Waals surface area contributed by atoms with Crippen molar-refractivity contribution in [1.29, 1.82) is 0 Å². The lowest BCUT2D eigenvalue weighted by Gasteiger charge is -2.37. The van der Waals surface area contributed by atoms with Crippen LogP contribution in [-0.4, -0.2) is 39.3 Å². The predicted octanol–water partition coefficient (Wildman–Crippen LogP) is 2.83. The molecule has 1 aliphatic heterocycles. The molecule has 0 atom stereocenters. The molecule has 25 heavy (non-hydrogen) atoms. The number of carbonyl (C=O) groups is 1. The fraction of sp³-hybridized carbons (Fsp3) is 0.421. The highest BCUT2D eigenvalue weighted by Gasteiger charge is 2.32. The molecule has 1 aromatic heterocycles. The van der Waals surface area contributed by atoms with Gasteiger partial charge in [0.15, 0.2) is 5.76 Å². The lowest BCUT2D eigenvalue weighted by atomic mass is 9.79. The molecule has 1 saturated heterocycles. The van der Waals surface area contributed by atoms with Crippen LogP contribution in [0.25, 0.3) is 11.3 Å². The number of benzene rings is 1. The zero-order chi connectivity index (χ0) is 17.7. The summed E-state index contributed by atoms with van der Waals surface area (Å²) in [5, 5.41) is 6.30. The molecule has 134 valence electrons. The van der Waals surface area contributed by atoms with E-state index in [-0.39, 0.29) is 22.9 Å². The van der Waals surface area contributed by atoms with Gasteiger partial charge in [-0.25, -0.2) is 4.39 Å². The molecule has 3 rings (SSSR count). The Morgan fingerprint density at radius 2 is 1.96 bits per heavy atom. The van der Waals surface area contributed by atoms with Gasteiger partial charge in [-0.05, 0) is 62.3 Å². The highest BCUT2D eigenvalue weighted by atomic mass is 19.1. The van der Waals surface area contributed by atoms with Gasteiger partial charge in [0.05, 0.1) is 6.61 Å². The quantitative estimate of drug-likeness (QED) is 0.844. The van der Waals surface area contributed by atoms with Crippen LogP contribution in [0.15, 0.2) is 40.8 Å². The van der Waals surface area contributed by atoms with E-state index >= 15 is 0 Å². The van der Waals surface area contributed by atoms with E-state index in [0.29, 0.717) is 18.9 Å². The number of amides is 1. The minimum Gasteiger partial charge on any atom is -0.451 e. The molecular weight excluding hydrogens is 323 g/mol. The molecule has 0 saturated carbocycles. The maximum atomic E-state index is 13.0. The first-order valence-electron chi connectivity index (χ1n) is 8.46. The van der Waals surface area contributed by atoms with Gasteiger partial charge in [-0.2, -0.15) is 0 Å². The predicted molar refractivity (Wildman–Crippen MR) is 92.8 cm³/mol. The highest BCUT2D eigenvalue weighted by Crippen LogP contribution is 2.28. The Labute approximate surface area is 146 Å².